The summed E-state index contributed by atoms with van der Waals surface area (Å²) in [5.41, 5.74) is 11.9. The van der Waals surface area contributed by atoms with Crippen LogP contribution in [0.3, 0.4) is 0 Å². The van der Waals surface area contributed by atoms with E-state index < -0.39 is 0 Å². The van der Waals surface area contributed by atoms with Gasteiger partial charge in [-0.2, -0.15) is 0 Å². The molecule has 160 valence electrons. The van der Waals surface area contributed by atoms with Crippen LogP contribution in [0.25, 0.3) is 0 Å². The van der Waals surface area contributed by atoms with Gasteiger partial charge >= 0.3 is 5.97 Å². The molecule has 0 rings (SSSR count). The summed E-state index contributed by atoms with van der Waals surface area (Å²) in [6.07, 6.45) is 14.8. The van der Waals surface area contributed by atoms with Gasteiger partial charge in [-0.25, -0.2) is 5.84 Å². The van der Waals surface area contributed by atoms with Crippen molar-refractivity contribution in [2.75, 3.05) is 13.1 Å². The average molecular weight is 385 g/mol. The molecule has 0 bridgehead atoms. The fraction of sp³-hybridized carbons (Fsp3) is 0.857. The highest BCUT2D eigenvalue weighted by molar-refractivity contribution is 5.69. The van der Waals surface area contributed by atoms with Crippen LogP contribution in [0.15, 0.2) is 11.9 Å². The van der Waals surface area contributed by atoms with E-state index in [2.05, 4.69) is 13.8 Å². The van der Waals surface area contributed by atoms with Crippen LogP contribution < -0.4 is 17.3 Å². The van der Waals surface area contributed by atoms with Crippen molar-refractivity contribution >= 4 is 5.97 Å². The van der Waals surface area contributed by atoms with Crippen molar-refractivity contribution in [1.29, 1.82) is 0 Å². The minimum atomic E-state index is -0.0512. The Morgan fingerprint density at radius 1 is 0.963 bits per heavy atom. The molecule has 0 radical (unpaired) electrons. The molecule has 6 heteroatoms. The number of unbranched alkanes of at least 4 members (excludes halogenated alkanes) is 6. The third kappa shape index (κ3) is 16.6. The van der Waals surface area contributed by atoms with Gasteiger partial charge in [-0.3, -0.25) is 4.79 Å². The summed E-state index contributed by atoms with van der Waals surface area (Å²) in [5, 5.41) is 1.60. The third-order valence-corrected chi connectivity index (χ3v) is 4.62. The molecule has 0 aromatic carbocycles. The molecule has 0 aliphatic carbocycles. The number of carbonyl (C=O) groups is 1. The molecule has 0 atom stereocenters. The van der Waals surface area contributed by atoms with Gasteiger partial charge in [0.05, 0.1) is 0 Å². The number of hydrazine groups is 1. The first-order valence-electron chi connectivity index (χ1n) is 10.9. The molecule has 0 fully saturated rings. The monoisotopic (exact) mass is 384 g/mol. The molecule has 0 aliphatic rings. The summed E-state index contributed by atoms with van der Waals surface area (Å²) >= 11 is 0. The average Bonchev–Trinajstić information content (AvgIpc) is 2.61. The van der Waals surface area contributed by atoms with Crippen molar-refractivity contribution in [3.05, 3.63) is 11.9 Å². The quantitative estimate of drug-likeness (QED) is 0.143. The number of rotatable bonds is 18. The Hall–Kier alpha value is -1.27. The normalized spacial score (nSPS) is 11.8. The van der Waals surface area contributed by atoms with Gasteiger partial charge in [-0.1, -0.05) is 46.0 Å². The van der Waals surface area contributed by atoms with Crippen molar-refractivity contribution in [1.82, 2.24) is 5.01 Å². The van der Waals surface area contributed by atoms with Crippen LogP contribution in [0.1, 0.15) is 97.3 Å². The summed E-state index contributed by atoms with van der Waals surface area (Å²) in [5.74, 6) is 5.82. The Balaban J connectivity index is 3.96. The van der Waals surface area contributed by atoms with E-state index in [1.807, 2.05) is 0 Å². The van der Waals surface area contributed by atoms with Gasteiger partial charge in [-0.05, 0) is 45.1 Å². The predicted molar refractivity (Wildman–Crippen MR) is 113 cm³/mol. The zero-order valence-electron chi connectivity index (χ0n) is 17.8. The second kappa shape index (κ2) is 18.1. The Morgan fingerprint density at radius 2 is 1.59 bits per heavy atom. The maximum atomic E-state index is 12.1. The smallest absolute Gasteiger partial charge is 0.306 e. The SMILES string of the molecule is CCCCCC(CCCCC)OC(=O)CCCCCN(N)/C=C(\N)CCN. The maximum absolute atomic E-state index is 12.1. The lowest BCUT2D eigenvalue weighted by Gasteiger charge is -2.18. The standard InChI is InChI=1S/C21H44N4O2/c1-3-5-8-12-20(13-9-6-4-2)27-21(26)14-10-7-11-17-25(24)18-19(23)15-16-22/h18,20H,3-17,22-24H2,1-2H3/b19-18-. The summed E-state index contributed by atoms with van der Waals surface area (Å²) in [6, 6.07) is 0. The fourth-order valence-corrected chi connectivity index (χ4v) is 3.00. The van der Waals surface area contributed by atoms with Crippen LogP contribution >= 0.6 is 0 Å². The first-order chi connectivity index (χ1) is 13.0. The van der Waals surface area contributed by atoms with E-state index in [1.54, 1.807) is 11.2 Å². The lowest BCUT2D eigenvalue weighted by molar-refractivity contribution is -0.150. The topological polar surface area (TPSA) is 108 Å². The van der Waals surface area contributed by atoms with Gasteiger partial charge in [0, 0.05) is 31.3 Å². The van der Waals surface area contributed by atoms with E-state index in [1.165, 1.54) is 25.7 Å². The van der Waals surface area contributed by atoms with Crippen LogP contribution in [0.4, 0.5) is 0 Å². The van der Waals surface area contributed by atoms with E-state index in [0.717, 1.165) is 51.5 Å². The number of hydrogen-bond acceptors (Lipinski definition) is 6. The van der Waals surface area contributed by atoms with Gasteiger partial charge < -0.3 is 21.2 Å². The molecule has 0 aliphatic heterocycles. The molecule has 0 unspecified atom stereocenters. The summed E-state index contributed by atoms with van der Waals surface area (Å²) in [7, 11) is 0. The largest absolute Gasteiger partial charge is 0.462 e. The first kappa shape index (κ1) is 25.7. The highest BCUT2D eigenvalue weighted by Gasteiger charge is 2.13. The molecule has 0 aromatic rings. The van der Waals surface area contributed by atoms with E-state index in [4.69, 9.17) is 22.0 Å². The Morgan fingerprint density at radius 3 is 2.15 bits per heavy atom. The lowest BCUT2D eigenvalue weighted by Crippen LogP contribution is -2.28. The summed E-state index contributed by atoms with van der Waals surface area (Å²) in [6.45, 7) is 5.64. The second-order valence-corrected chi connectivity index (χ2v) is 7.39. The molecule has 6 N–H and O–H groups in total. The van der Waals surface area contributed by atoms with E-state index in [-0.39, 0.29) is 12.1 Å². The lowest BCUT2D eigenvalue weighted by atomic mass is 10.0. The second-order valence-electron chi connectivity index (χ2n) is 7.39. The van der Waals surface area contributed by atoms with Crippen LogP contribution in [-0.4, -0.2) is 30.2 Å². The number of nitrogens with zero attached hydrogens (tertiary/aromatic N) is 1. The highest BCUT2D eigenvalue weighted by Crippen LogP contribution is 2.16. The van der Waals surface area contributed by atoms with Crippen molar-refractivity contribution < 1.29 is 9.53 Å². The Kier molecular flexibility index (Phi) is 17.3. The molecule has 0 amide bonds. The number of carbonyl (C=O) groups excluding carboxylic acids is 1. The van der Waals surface area contributed by atoms with Crippen LogP contribution in [-0.2, 0) is 9.53 Å². The van der Waals surface area contributed by atoms with Gasteiger partial charge in [0.25, 0.3) is 0 Å². The van der Waals surface area contributed by atoms with Crippen molar-refractivity contribution in [2.24, 2.45) is 17.3 Å². The Labute approximate surface area is 166 Å². The molecule has 0 heterocycles. The molecule has 27 heavy (non-hydrogen) atoms. The molecule has 6 nitrogen and oxygen atoms in total. The molecular weight excluding hydrogens is 340 g/mol. The van der Waals surface area contributed by atoms with Gasteiger partial charge in [-0.15, -0.1) is 0 Å². The summed E-state index contributed by atoms with van der Waals surface area (Å²) < 4.78 is 5.74. The number of nitrogens with two attached hydrogens (primary N) is 3. The molecule has 0 aromatic heterocycles. The highest BCUT2D eigenvalue weighted by atomic mass is 16.5. The van der Waals surface area contributed by atoms with E-state index >= 15 is 0 Å². The van der Waals surface area contributed by atoms with Gasteiger partial charge in [0.15, 0.2) is 0 Å². The van der Waals surface area contributed by atoms with E-state index in [0.29, 0.717) is 25.1 Å². The third-order valence-electron chi connectivity index (χ3n) is 4.62. The van der Waals surface area contributed by atoms with Crippen molar-refractivity contribution in [3.63, 3.8) is 0 Å². The van der Waals surface area contributed by atoms with Gasteiger partial charge in [0.2, 0.25) is 0 Å². The van der Waals surface area contributed by atoms with E-state index in [9.17, 15) is 4.79 Å². The van der Waals surface area contributed by atoms with Crippen LogP contribution in [0, 0.1) is 0 Å². The zero-order chi connectivity index (χ0) is 20.3. The van der Waals surface area contributed by atoms with Gasteiger partial charge in [0.1, 0.15) is 6.10 Å². The summed E-state index contributed by atoms with van der Waals surface area (Å²) in [4.78, 5) is 12.1. The molecule has 0 saturated carbocycles. The predicted octanol–water partition coefficient (Wildman–Crippen LogP) is 3.94. The molecule has 0 spiro atoms. The Bertz CT molecular complexity index is 378. The fourth-order valence-electron chi connectivity index (χ4n) is 3.00. The number of ether oxygens (including phenoxy) is 1. The number of hydrogen-bond donors (Lipinski definition) is 3. The molecule has 0 saturated heterocycles. The maximum Gasteiger partial charge on any atom is 0.306 e. The van der Waals surface area contributed by atoms with Crippen LogP contribution in [0.5, 0.6) is 0 Å². The minimum absolute atomic E-state index is 0.0512. The zero-order valence-corrected chi connectivity index (χ0v) is 17.8. The van der Waals surface area contributed by atoms with Crippen molar-refractivity contribution in [3.8, 4) is 0 Å². The molecular formula is C21H44N4O2. The number of esters is 1. The van der Waals surface area contributed by atoms with Crippen molar-refractivity contribution in [2.45, 2.75) is 103 Å². The minimum Gasteiger partial charge on any atom is -0.462 e. The van der Waals surface area contributed by atoms with Crippen LogP contribution in [0.2, 0.25) is 0 Å². The first-order valence-corrected chi connectivity index (χ1v) is 10.9.